The summed E-state index contributed by atoms with van der Waals surface area (Å²) in [6, 6.07) is 18.8. The molecule has 4 rings (SSSR count). The summed E-state index contributed by atoms with van der Waals surface area (Å²) in [5.41, 5.74) is 14.4. The molecule has 3 atom stereocenters. The lowest BCUT2D eigenvalue weighted by molar-refractivity contribution is 0.169. The number of anilines is 2. The number of nitrogens with one attached hydrogen (secondary N) is 1. The summed E-state index contributed by atoms with van der Waals surface area (Å²) in [6.07, 6.45) is 0.853. The maximum absolute atomic E-state index is 13.7. The molecule has 0 aromatic heterocycles. The Balaban J connectivity index is 1.74. The maximum atomic E-state index is 13.7. The first-order valence-corrected chi connectivity index (χ1v) is 14.8. The van der Waals surface area contributed by atoms with Crippen molar-refractivity contribution in [3.8, 4) is 5.75 Å². The van der Waals surface area contributed by atoms with E-state index in [4.69, 9.17) is 10.5 Å². The van der Waals surface area contributed by atoms with Crippen molar-refractivity contribution in [1.29, 1.82) is 0 Å². The molecule has 3 aromatic carbocycles. The summed E-state index contributed by atoms with van der Waals surface area (Å²) in [7, 11) is -1.30. The highest BCUT2D eigenvalue weighted by Gasteiger charge is 2.32. The average molecular weight is 534 g/mol. The van der Waals surface area contributed by atoms with Crippen molar-refractivity contribution >= 4 is 22.4 Å². The molecule has 0 fully saturated rings. The van der Waals surface area contributed by atoms with Crippen molar-refractivity contribution in [2.45, 2.75) is 78.3 Å². The predicted molar refractivity (Wildman–Crippen MR) is 160 cm³/mol. The van der Waals surface area contributed by atoms with E-state index in [9.17, 15) is 4.21 Å². The second kappa shape index (κ2) is 11.5. The zero-order chi connectivity index (χ0) is 27.6. The van der Waals surface area contributed by atoms with E-state index < -0.39 is 11.0 Å². The van der Waals surface area contributed by atoms with Crippen LogP contribution in [-0.4, -0.2) is 27.7 Å². The van der Waals surface area contributed by atoms with Crippen molar-refractivity contribution in [3.05, 3.63) is 82.4 Å². The Kier molecular flexibility index (Phi) is 8.53. The third-order valence-electron chi connectivity index (χ3n) is 7.58. The van der Waals surface area contributed by atoms with Crippen LogP contribution >= 0.6 is 0 Å². The van der Waals surface area contributed by atoms with Crippen molar-refractivity contribution in [1.82, 2.24) is 4.31 Å². The highest BCUT2D eigenvalue weighted by atomic mass is 32.2. The third kappa shape index (κ3) is 5.76. The summed E-state index contributed by atoms with van der Waals surface area (Å²) >= 11 is 0. The van der Waals surface area contributed by atoms with Gasteiger partial charge in [0.1, 0.15) is 22.8 Å². The molecule has 3 N–H and O–H groups in total. The Morgan fingerprint density at radius 3 is 2.53 bits per heavy atom. The van der Waals surface area contributed by atoms with Gasteiger partial charge in [0.15, 0.2) is 0 Å². The van der Waals surface area contributed by atoms with Gasteiger partial charge in [0.25, 0.3) is 0 Å². The Labute approximate surface area is 231 Å². The van der Waals surface area contributed by atoms with Crippen LogP contribution in [0.3, 0.4) is 0 Å². The SMILES string of the molecule is CCNc1ccc(C(c2ccc(C)c(CN3C[C@@H](CC)Oc4ccccc4S3=O)c2)C(C)(C)C)c(C)c1N. The van der Waals surface area contributed by atoms with Crippen LogP contribution in [0.2, 0.25) is 0 Å². The molecule has 0 amide bonds. The van der Waals surface area contributed by atoms with Crippen LogP contribution in [0.4, 0.5) is 11.4 Å². The van der Waals surface area contributed by atoms with Gasteiger partial charge in [-0.15, -0.1) is 0 Å². The molecule has 38 heavy (non-hydrogen) atoms. The largest absolute Gasteiger partial charge is 0.488 e. The maximum Gasteiger partial charge on any atom is 0.137 e. The second-order valence-corrected chi connectivity index (χ2v) is 12.9. The van der Waals surface area contributed by atoms with E-state index in [-0.39, 0.29) is 17.4 Å². The second-order valence-electron chi connectivity index (χ2n) is 11.4. The first-order chi connectivity index (χ1) is 18.0. The van der Waals surface area contributed by atoms with Crippen molar-refractivity contribution < 1.29 is 8.95 Å². The topological polar surface area (TPSA) is 67.6 Å². The van der Waals surface area contributed by atoms with E-state index in [0.717, 1.165) is 40.5 Å². The number of nitrogen functional groups attached to an aromatic ring is 1. The Hall–Kier alpha value is -2.83. The summed E-state index contributed by atoms with van der Waals surface area (Å²) in [4.78, 5) is 0.747. The fourth-order valence-corrected chi connectivity index (χ4v) is 6.78. The van der Waals surface area contributed by atoms with Crippen molar-refractivity contribution in [3.63, 3.8) is 0 Å². The zero-order valence-electron chi connectivity index (χ0n) is 23.9. The molecular formula is C32H43N3O2S. The van der Waals surface area contributed by atoms with E-state index in [1.54, 1.807) is 0 Å². The molecule has 1 heterocycles. The lowest BCUT2D eigenvalue weighted by atomic mass is 9.71. The summed E-state index contributed by atoms with van der Waals surface area (Å²) < 4.78 is 22.0. The first kappa shape index (κ1) is 28.2. The van der Waals surface area contributed by atoms with E-state index in [0.29, 0.717) is 13.1 Å². The number of nitrogens with two attached hydrogens (primary N) is 1. The van der Waals surface area contributed by atoms with E-state index in [1.807, 2.05) is 24.3 Å². The lowest BCUT2D eigenvalue weighted by Gasteiger charge is -2.34. The van der Waals surface area contributed by atoms with E-state index >= 15 is 0 Å². The first-order valence-electron chi connectivity index (χ1n) is 13.7. The molecule has 204 valence electrons. The third-order valence-corrected chi connectivity index (χ3v) is 9.04. The van der Waals surface area contributed by atoms with Gasteiger partial charge in [-0.05, 0) is 78.6 Å². The number of hydrogen-bond donors (Lipinski definition) is 2. The highest BCUT2D eigenvalue weighted by Crippen LogP contribution is 2.44. The van der Waals surface area contributed by atoms with Crippen LogP contribution in [0.1, 0.15) is 74.8 Å². The minimum absolute atomic E-state index is 0.00529. The van der Waals surface area contributed by atoms with Gasteiger partial charge in [-0.3, -0.25) is 0 Å². The van der Waals surface area contributed by atoms with Crippen LogP contribution in [0.25, 0.3) is 0 Å². The monoisotopic (exact) mass is 533 g/mol. The molecule has 0 spiro atoms. The van der Waals surface area contributed by atoms with Crippen molar-refractivity contribution in [2.24, 2.45) is 5.41 Å². The molecule has 6 heteroatoms. The summed E-state index contributed by atoms with van der Waals surface area (Å²) in [5.74, 6) is 0.884. The van der Waals surface area contributed by atoms with Gasteiger partial charge in [-0.25, -0.2) is 8.51 Å². The molecular weight excluding hydrogens is 490 g/mol. The number of benzene rings is 3. The van der Waals surface area contributed by atoms with Gasteiger partial charge in [-0.1, -0.05) is 64.1 Å². The molecule has 1 aliphatic rings. The van der Waals surface area contributed by atoms with Gasteiger partial charge in [0.05, 0.1) is 16.3 Å². The molecule has 0 saturated heterocycles. The van der Waals surface area contributed by atoms with Crippen LogP contribution in [0.15, 0.2) is 59.5 Å². The fraction of sp³-hybridized carbons (Fsp3) is 0.438. The average Bonchev–Trinajstić information content (AvgIpc) is 3.01. The molecule has 0 aliphatic carbocycles. The standard InChI is InChI=1S/C32H43N3O2S/c1-8-25-20-35(38(36)29-13-11-10-12-28(29)37-25)19-24-18-23(15-14-21(24)3)30(32(5,6)7)26-16-17-27(34-9-2)31(33)22(26)4/h10-18,25,30,34H,8-9,19-20,33H2,1-7H3/t25-,30?,38?/m1/s1. The Morgan fingerprint density at radius 1 is 1.11 bits per heavy atom. The van der Waals surface area contributed by atoms with Gasteiger partial charge in [0, 0.05) is 25.6 Å². The lowest BCUT2D eigenvalue weighted by Crippen LogP contribution is -2.34. The van der Waals surface area contributed by atoms with Gasteiger partial charge in [0.2, 0.25) is 0 Å². The minimum Gasteiger partial charge on any atom is -0.488 e. The number of aryl methyl sites for hydroxylation is 1. The summed E-state index contributed by atoms with van der Waals surface area (Å²) in [5, 5.41) is 3.38. The van der Waals surface area contributed by atoms with Crippen LogP contribution in [0.5, 0.6) is 5.75 Å². The number of rotatable bonds is 7. The molecule has 5 nitrogen and oxygen atoms in total. The smallest absolute Gasteiger partial charge is 0.137 e. The van der Waals surface area contributed by atoms with Gasteiger partial charge < -0.3 is 15.8 Å². The normalized spacial score (nSPS) is 18.8. The molecule has 0 saturated carbocycles. The number of ether oxygens (including phenoxy) is 1. The van der Waals surface area contributed by atoms with Crippen molar-refractivity contribution in [2.75, 3.05) is 24.1 Å². The molecule has 2 unspecified atom stereocenters. The molecule has 0 radical (unpaired) electrons. The number of fused-ring (bicyclic) bond motifs is 1. The molecule has 0 bridgehead atoms. The summed E-state index contributed by atoms with van der Waals surface area (Å²) in [6.45, 7) is 17.4. The Morgan fingerprint density at radius 2 is 1.84 bits per heavy atom. The Bertz CT molecular complexity index is 1310. The fourth-order valence-electron chi connectivity index (χ4n) is 5.46. The number of nitrogens with zero attached hydrogens (tertiary/aromatic N) is 1. The minimum atomic E-state index is -1.30. The van der Waals surface area contributed by atoms with Gasteiger partial charge in [-0.2, -0.15) is 0 Å². The number of hydrogen-bond acceptors (Lipinski definition) is 4. The number of para-hydroxylation sites is 1. The van der Waals surface area contributed by atoms with Crippen LogP contribution < -0.4 is 15.8 Å². The van der Waals surface area contributed by atoms with Gasteiger partial charge >= 0.3 is 0 Å². The predicted octanol–water partition coefficient (Wildman–Crippen LogP) is 7.19. The van der Waals surface area contributed by atoms with E-state index in [1.165, 1.54) is 22.3 Å². The molecule has 1 aliphatic heterocycles. The van der Waals surface area contributed by atoms with Crippen LogP contribution in [0, 0.1) is 19.3 Å². The zero-order valence-corrected chi connectivity index (χ0v) is 24.7. The van der Waals surface area contributed by atoms with E-state index in [2.05, 4.69) is 88.4 Å². The molecule has 3 aromatic rings. The quantitative estimate of drug-likeness (QED) is 0.315. The highest BCUT2D eigenvalue weighted by molar-refractivity contribution is 7.82. The van der Waals surface area contributed by atoms with Crippen LogP contribution in [-0.2, 0) is 17.5 Å².